The molecule has 10 nitrogen and oxygen atoms in total. The first-order valence-electron chi connectivity index (χ1n) is 11.4. The van der Waals surface area contributed by atoms with Crippen LogP contribution in [0.2, 0.25) is 5.02 Å². The first-order valence-corrected chi connectivity index (χ1v) is 12.7. The summed E-state index contributed by atoms with van der Waals surface area (Å²) < 4.78 is 7.85. The molecule has 0 aliphatic heterocycles. The van der Waals surface area contributed by atoms with Crippen molar-refractivity contribution in [3.05, 3.63) is 86.0 Å². The largest absolute Gasteiger partial charge is 0.411 e. The molecule has 0 bridgehead atoms. The van der Waals surface area contributed by atoms with E-state index in [1.807, 2.05) is 42.5 Å². The first-order chi connectivity index (χ1) is 18.2. The molecule has 0 saturated carbocycles. The Balaban J connectivity index is 1.49. The van der Waals surface area contributed by atoms with E-state index in [2.05, 4.69) is 10.2 Å². The van der Waals surface area contributed by atoms with Gasteiger partial charge in [-0.05, 0) is 31.2 Å². The van der Waals surface area contributed by atoms with Crippen LogP contribution in [0.1, 0.15) is 17.3 Å². The van der Waals surface area contributed by atoms with Crippen molar-refractivity contribution in [2.75, 3.05) is 5.73 Å². The van der Waals surface area contributed by atoms with E-state index in [0.717, 1.165) is 37.4 Å². The normalized spacial score (nSPS) is 12.1. The lowest BCUT2D eigenvalue weighted by molar-refractivity contribution is 0.0991. The Labute approximate surface area is 225 Å². The van der Waals surface area contributed by atoms with Crippen LogP contribution in [0.15, 0.2) is 73.8 Å². The van der Waals surface area contributed by atoms with Crippen LogP contribution >= 0.6 is 23.4 Å². The second-order valence-corrected chi connectivity index (χ2v) is 10.3. The molecule has 1 atom stereocenters. The highest BCUT2D eigenvalue weighted by molar-refractivity contribution is 8.00. The zero-order chi connectivity index (χ0) is 27.1. The lowest BCUT2D eigenvalue weighted by Gasteiger charge is -2.13. The van der Waals surface area contributed by atoms with Crippen molar-refractivity contribution in [1.29, 1.82) is 0 Å². The first kappa shape index (κ1) is 25.4. The van der Waals surface area contributed by atoms with Crippen LogP contribution in [-0.2, 0) is 14.1 Å². The molecule has 5 rings (SSSR count). The Bertz CT molecular complexity index is 1830. The van der Waals surface area contributed by atoms with E-state index >= 15 is 0 Å². The second-order valence-electron chi connectivity index (χ2n) is 8.54. The summed E-state index contributed by atoms with van der Waals surface area (Å²) in [6, 6.07) is 16.8. The fraction of sp³-hybridized carbons (Fsp3) is 0.154. The van der Waals surface area contributed by atoms with Gasteiger partial charge in [0.05, 0.1) is 22.0 Å². The number of nitrogens with two attached hydrogens (primary N) is 1. The number of para-hydroxylation sites is 1. The number of rotatable bonds is 6. The standard InChI is InChI=1S/C26H21ClN6O4S/c1-13(21(34)20-22(28)32(2)26(36)33(3)24(20)35)38-25-31-30-23(37-25)17-12-19(14-8-10-15(27)11-9-14)29-18-7-5-4-6-16(17)18/h4-13H,28H2,1-3H3. The number of halogens is 1. The van der Waals surface area contributed by atoms with Crippen LogP contribution in [0.3, 0.4) is 0 Å². The Morgan fingerprint density at radius 2 is 1.76 bits per heavy atom. The smallest absolute Gasteiger partial charge is 0.332 e. The molecule has 192 valence electrons. The molecule has 5 aromatic rings. The van der Waals surface area contributed by atoms with Gasteiger partial charge in [-0.2, -0.15) is 0 Å². The van der Waals surface area contributed by atoms with Crippen LogP contribution < -0.4 is 17.0 Å². The van der Waals surface area contributed by atoms with Crippen LogP contribution in [-0.4, -0.2) is 35.3 Å². The lowest BCUT2D eigenvalue weighted by Crippen LogP contribution is -2.42. The van der Waals surface area contributed by atoms with Crippen LogP contribution in [0.4, 0.5) is 5.82 Å². The highest BCUT2D eigenvalue weighted by Crippen LogP contribution is 2.34. The molecular weight excluding hydrogens is 528 g/mol. The Kier molecular flexibility index (Phi) is 6.64. The van der Waals surface area contributed by atoms with Gasteiger partial charge in [-0.15, -0.1) is 10.2 Å². The van der Waals surface area contributed by atoms with Crippen molar-refractivity contribution in [3.63, 3.8) is 0 Å². The second kappa shape index (κ2) is 9.92. The number of Topliss-reactive ketones (excluding diaryl/α,β-unsaturated/α-hetero) is 1. The highest BCUT2D eigenvalue weighted by atomic mass is 35.5. The SMILES string of the molecule is CC(Sc1nnc(-c2cc(-c3ccc(Cl)cc3)nc3ccccc23)o1)C(=O)c1c(N)n(C)c(=O)n(C)c1=O. The van der Waals surface area contributed by atoms with Crippen molar-refractivity contribution in [1.82, 2.24) is 24.3 Å². The van der Waals surface area contributed by atoms with E-state index in [4.69, 9.17) is 26.7 Å². The van der Waals surface area contributed by atoms with Gasteiger partial charge in [-0.25, -0.2) is 9.78 Å². The maximum Gasteiger partial charge on any atom is 0.332 e. The van der Waals surface area contributed by atoms with E-state index in [0.29, 0.717) is 16.3 Å². The van der Waals surface area contributed by atoms with Gasteiger partial charge in [-0.1, -0.05) is 53.7 Å². The van der Waals surface area contributed by atoms with Gasteiger partial charge in [0.1, 0.15) is 11.4 Å². The predicted octanol–water partition coefficient (Wildman–Crippen LogP) is 3.95. The minimum Gasteiger partial charge on any atom is -0.411 e. The van der Waals surface area contributed by atoms with Gasteiger partial charge >= 0.3 is 5.69 Å². The Hall–Kier alpha value is -4.22. The molecule has 1 unspecified atom stereocenters. The summed E-state index contributed by atoms with van der Waals surface area (Å²) in [5, 5.41) is 9.09. The lowest BCUT2D eigenvalue weighted by atomic mass is 10.0. The molecule has 2 aromatic carbocycles. The average Bonchev–Trinajstić information content (AvgIpc) is 3.38. The van der Waals surface area contributed by atoms with Crippen LogP contribution in [0.5, 0.6) is 0 Å². The number of aromatic nitrogens is 5. The van der Waals surface area contributed by atoms with Gasteiger partial charge in [-0.3, -0.25) is 18.7 Å². The molecule has 12 heteroatoms. The Morgan fingerprint density at radius 1 is 1.05 bits per heavy atom. The Morgan fingerprint density at radius 3 is 2.50 bits per heavy atom. The summed E-state index contributed by atoms with van der Waals surface area (Å²) in [6.45, 7) is 1.60. The van der Waals surface area contributed by atoms with Crippen LogP contribution in [0.25, 0.3) is 33.6 Å². The van der Waals surface area contributed by atoms with Gasteiger partial charge < -0.3 is 10.2 Å². The molecule has 0 radical (unpaired) electrons. The number of nitrogens with zero attached hydrogens (tertiary/aromatic N) is 5. The van der Waals surface area contributed by atoms with E-state index in [1.54, 1.807) is 19.1 Å². The number of hydrogen-bond donors (Lipinski definition) is 1. The zero-order valence-electron chi connectivity index (χ0n) is 20.5. The topological polar surface area (TPSA) is 139 Å². The van der Waals surface area contributed by atoms with Gasteiger partial charge in [0.25, 0.3) is 10.8 Å². The summed E-state index contributed by atoms with van der Waals surface area (Å²) in [5.41, 5.74) is 7.29. The number of carbonyl (C=O) groups is 1. The van der Waals surface area contributed by atoms with Gasteiger partial charge in [0.2, 0.25) is 5.89 Å². The third-order valence-electron chi connectivity index (χ3n) is 6.10. The van der Waals surface area contributed by atoms with Crippen molar-refractivity contribution in [2.45, 2.75) is 17.4 Å². The number of hydrogen-bond acceptors (Lipinski definition) is 9. The fourth-order valence-corrected chi connectivity index (χ4v) is 4.85. The molecule has 38 heavy (non-hydrogen) atoms. The minimum absolute atomic E-state index is 0.134. The van der Waals surface area contributed by atoms with E-state index in [1.165, 1.54) is 14.1 Å². The molecule has 0 saturated heterocycles. The maximum absolute atomic E-state index is 13.1. The number of carbonyl (C=O) groups excluding carboxylic acids is 1. The van der Waals surface area contributed by atoms with Gasteiger partial charge in [0, 0.05) is 30.1 Å². The molecule has 3 heterocycles. The minimum atomic E-state index is -0.797. The summed E-state index contributed by atoms with van der Waals surface area (Å²) >= 11 is 7.04. The summed E-state index contributed by atoms with van der Waals surface area (Å²) in [7, 11) is 2.69. The number of thioether (sulfide) groups is 1. The zero-order valence-corrected chi connectivity index (χ0v) is 22.1. The molecule has 0 spiro atoms. The number of anilines is 1. The summed E-state index contributed by atoms with van der Waals surface area (Å²) in [6.07, 6.45) is 0. The predicted molar refractivity (Wildman–Crippen MR) is 146 cm³/mol. The molecule has 0 aliphatic rings. The number of benzene rings is 2. The third kappa shape index (κ3) is 4.50. The van der Waals surface area contributed by atoms with E-state index in [9.17, 15) is 14.4 Å². The van der Waals surface area contributed by atoms with Crippen molar-refractivity contribution in [3.8, 4) is 22.7 Å². The van der Waals surface area contributed by atoms with Crippen molar-refractivity contribution >= 4 is 45.9 Å². The summed E-state index contributed by atoms with van der Waals surface area (Å²) in [5.74, 6) is -0.499. The fourth-order valence-electron chi connectivity index (χ4n) is 3.99. The molecule has 0 aliphatic carbocycles. The number of nitrogen functional groups attached to an aromatic ring is 1. The molecular formula is C26H21ClN6O4S. The number of ketones is 1. The molecule has 0 fully saturated rings. The van der Waals surface area contributed by atoms with Crippen molar-refractivity contribution < 1.29 is 9.21 Å². The monoisotopic (exact) mass is 548 g/mol. The molecule has 2 N–H and O–H groups in total. The van der Waals surface area contributed by atoms with Crippen molar-refractivity contribution in [2.24, 2.45) is 14.1 Å². The van der Waals surface area contributed by atoms with E-state index < -0.39 is 22.3 Å². The van der Waals surface area contributed by atoms with Crippen LogP contribution in [0, 0.1) is 0 Å². The number of pyridine rings is 1. The third-order valence-corrected chi connectivity index (χ3v) is 7.28. The quantitative estimate of drug-likeness (QED) is 0.247. The highest BCUT2D eigenvalue weighted by Gasteiger charge is 2.27. The van der Waals surface area contributed by atoms with Gasteiger partial charge in [0.15, 0.2) is 5.78 Å². The maximum atomic E-state index is 13.1. The molecule has 0 amide bonds. The molecule has 3 aromatic heterocycles. The average molecular weight is 549 g/mol. The number of fused-ring (bicyclic) bond motifs is 1. The van der Waals surface area contributed by atoms with E-state index in [-0.39, 0.29) is 22.5 Å². The summed E-state index contributed by atoms with van der Waals surface area (Å²) in [4.78, 5) is 42.6.